The van der Waals surface area contributed by atoms with Gasteiger partial charge in [-0.15, -0.1) is 13.2 Å². The third kappa shape index (κ3) is 2.16. The van der Waals surface area contributed by atoms with E-state index >= 15 is 0 Å². The molecule has 0 bridgehead atoms. The highest BCUT2D eigenvalue weighted by molar-refractivity contribution is 5.95. The number of hydrogen-bond donors (Lipinski definition) is 0. The molecule has 20 heavy (non-hydrogen) atoms. The molecular weight excluding hydrogens is 242 g/mol. The van der Waals surface area contributed by atoms with Gasteiger partial charge in [-0.3, -0.25) is 0 Å². The minimum Gasteiger partial charge on any atom is -0.367 e. The predicted molar refractivity (Wildman–Crippen MR) is 87.6 cm³/mol. The van der Waals surface area contributed by atoms with Crippen LogP contribution in [-0.4, -0.2) is 18.0 Å². The number of benzene rings is 2. The average Bonchev–Trinajstić information content (AvgIpc) is 2.47. The van der Waals surface area contributed by atoms with E-state index in [1.54, 1.807) is 0 Å². The van der Waals surface area contributed by atoms with Gasteiger partial charge in [0.15, 0.2) is 0 Å². The Kier molecular flexibility index (Phi) is 3.42. The number of rotatable bonds is 5. The van der Waals surface area contributed by atoms with E-state index in [1.807, 2.05) is 12.2 Å². The van der Waals surface area contributed by atoms with Crippen molar-refractivity contribution < 1.29 is 0 Å². The van der Waals surface area contributed by atoms with Crippen LogP contribution in [0.4, 0.5) is 0 Å². The Morgan fingerprint density at radius 3 is 2.40 bits per heavy atom. The lowest BCUT2D eigenvalue weighted by atomic mass is 9.91. The second-order valence-electron chi connectivity index (χ2n) is 5.16. The Morgan fingerprint density at radius 2 is 1.70 bits per heavy atom. The van der Waals surface area contributed by atoms with Crippen molar-refractivity contribution in [3.63, 3.8) is 0 Å². The molecule has 0 spiro atoms. The van der Waals surface area contributed by atoms with Crippen molar-refractivity contribution >= 4 is 16.8 Å². The van der Waals surface area contributed by atoms with Gasteiger partial charge in [0.05, 0.1) is 0 Å². The van der Waals surface area contributed by atoms with Gasteiger partial charge in [0.25, 0.3) is 0 Å². The molecule has 3 rings (SSSR count). The number of allylic oxidation sites excluding steroid dienone is 1. The van der Waals surface area contributed by atoms with Crippen molar-refractivity contribution in [2.45, 2.75) is 6.42 Å². The summed E-state index contributed by atoms with van der Waals surface area (Å²) in [6.45, 7) is 9.43. The van der Waals surface area contributed by atoms with Crippen molar-refractivity contribution in [1.82, 2.24) is 4.90 Å². The molecule has 0 atom stereocenters. The van der Waals surface area contributed by atoms with Crippen molar-refractivity contribution in [3.05, 3.63) is 78.5 Å². The lowest BCUT2D eigenvalue weighted by Gasteiger charge is -2.28. The second kappa shape index (κ2) is 5.38. The van der Waals surface area contributed by atoms with Gasteiger partial charge in [-0.2, -0.15) is 0 Å². The maximum absolute atomic E-state index is 3.86. The Hall–Kier alpha value is -2.28. The smallest absolute Gasteiger partial charge is 0.0357 e. The van der Waals surface area contributed by atoms with Crippen LogP contribution in [0.1, 0.15) is 11.1 Å². The van der Waals surface area contributed by atoms with Crippen LogP contribution in [0.5, 0.6) is 0 Å². The largest absolute Gasteiger partial charge is 0.367 e. The monoisotopic (exact) mass is 261 g/mol. The summed E-state index contributed by atoms with van der Waals surface area (Å²) in [4.78, 5) is 2.33. The van der Waals surface area contributed by atoms with Crippen LogP contribution in [0.15, 0.2) is 67.4 Å². The first-order valence-corrected chi connectivity index (χ1v) is 7.01. The summed E-state index contributed by atoms with van der Waals surface area (Å²) in [6, 6.07) is 13.1. The molecule has 0 fully saturated rings. The summed E-state index contributed by atoms with van der Waals surface area (Å²) < 4.78 is 0. The zero-order valence-corrected chi connectivity index (χ0v) is 11.7. The quantitative estimate of drug-likeness (QED) is 0.721. The van der Waals surface area contributed by atoms with Crippen LogP contribution in [0.2, 0.25) is 0 Å². The molecule has 1 aliphatic carbocycles. The van der Waals surface area contributed by atoms with Gasteiger partial charge in [0.2, 0.25) is 0 Å². The molecule has 1 heteroatoms. The van der Waals surface area contributed by atoms with E-state index in [1.165, 1.54) is 27.6 Å². The summed E-state index contributed by atoms with van der Waals surface area (Å²) in [7, 11) is 0. The predicted octanol–water partition coefficient (Wildman–Crippen LogP) is 4.41. The fourth-order valence-electron chi connectivity index (χ4n) is 2.97. The SMILES string of the molecule is C=CCN(CC=C)C1=Cc2cccc3cccc(c23)C1. The highest BCUT2D eigenvalue weighted by atomic mass is 15.1. The van der Waals surface area contributed by atoms with Crippen molar-refractivity contribution in [2.24, 2.45) is 0 Å². The molecule has 1 nitrogen and oxygen atoms in total. The molecule has 0 radical (unpaired) electrons. The minimum absolute atomic E-state index is 0.857. The van der Waals surface area contributed by atoms with Crippen LogP contribution in [0.25, 0.3) is 16.8 Å². The molecule has 2 aromatic rings. The standard InChI is InChI=1S/C19H19N/c1-3-11-20(12-4-2)18-13-16-9-5-7-15-8-6-10-17(14-18)19(15)16/h3-10,13H,1-2,11-12,14H2. The van der Waals surface area contributed by atoms with E-state index in [0.29, 0.717) is 0 Å². The summed E-state index contributed by atoms with van der Waals surface area (Å²) in [5.74, 6) is 0. The molecule has 0 saturated heterocycles. The molecule has 1 aliphatic rings. The Morgan fingerprint density at radius 1 is 1.00 bits per heavy atom. The zero-order chi connectivity index (χ0) is 13.9. The fraction of sp³-hybridized carbons (Fsp3) is 0.158. The fourth-order valence-corrected chi connectivity index (χ4v) is 2.97. The third-order valence-corrected chi connectivity index (χ3v) is 3.82. The van der Waals surface area contributed by atoms with Gasteiger partial charge in [-0.25, -0.2) is 0 Å². The van der Waals surface area contributed by atoms with Crippen LogP contribution in [-0.2, 0) is 6.42 Å². The molecule has 100 valence electrons. The third-order valence-electron chi connectivity index (χ3n) is 3.82. The van der Waals surface area contributed by atoms with Gasteiger partial charge >= 0.3 is 0 Å². The maximum Gasteiger partial charge on any atom is 0.0357 e. The number of hydrogen-bond acceptors (Lipinski definition) is 1. The van der Waals surface area contributed by atoms with Crippen LogP contribution < -0.4 is 0 Å². The second-order valence-corrected chi connectivity index (χ2v) is 5.16. The van der Waals surface area contributed by atoms with Gasteiger partial charge in [0, 0.05) is 25.2 Å². The summed E-state index contributed by atoms with van der Waals surface area (Å²) >= 11 is 0. The van der Waals surface area contributed by atoms with Crippen molar-refractivity contribution in [3.8, 4) is 0 Å². The zero-order valence-electron chi connectivity index (χ0n) is 11.7. The molecule has 0 saturated carbocycles. The first-order valence-electron chi connectivity index (χ1n) is 7.01. The molecule has 0 aromatic heterocycles. The van der Waals surface area contributed by atoms with Crippen LogP contribution in [0.3, 0.4) is 0 Å². The average molecular weight is 261 g/mol. The molecule has 0 amide bonds. The van der Waals surface area contributed by atoms with E-state index in [0.717, 1.165) is 19.5 Å². The minimum atomic E-state index is 0.857. The van der Waals surface area contributed by atoms with E-state index in [4.69, 9.17) is 0 Å². The molecule has 0 N–H and O–H groups in total. The summed E-state index contributed by atoms with van der Waals surface area (Å²) in [5, 5.41) is 2.73. The van der Waals surface area contributed by atoms with Crippen LogP contribution in [0, 0.1) is 0 Å². The first-order chi connectivity index (χ1) is 9.83. The van der Waals surface area contributed by atoms with Gasteiger partial charge in [0.1, 0.15) is 0 Å². The van der Waals surface area contributed by atoms with Gasteiger partial charge in [-0.1, -0.05) is 48.6 Å². The summed E-state index contributed by atoms with van der Waals surface area (Å²) in [5.41, 5.74) is 4.07. The first kappa shape index (κ1) is 12.7. The van der Waals surface area contributed by atoms with Gasteiger partial charge < -0.3 is 4.90 Å². The van der Waals surface area contributed by atoms with E-state index in [-0.39, 0.29) is 0 Å². The van der Waals surface area contributed by atoms with E-state index in [2.05, 4.69) is 60.5 Å². The van der Waals surface area contributed by atoms with Crippen LogP contribution >= 0.6 is 0 Å². The van der Waals surface area contributed by atoms with Crippen molar-refractivity contribution in [1.29, 1.82) is 0 Å². The van der Waals surface area contributed by atoms with E-state index < -0.39 is 0 Å². The molecule has 0 unspecified atom stereocenters. The van der Waals surface area contributed by atoms with Crippen molar-refractivity contribution in [2.75, 3.05) is 13.1 Å². The summed E-state index contributed by atoms with van der Waals surface area (Å²) in [6.07, 6.45) is 7.19. The molecule has 2 aromatic carbocycles. The maximum atomic E-state index is 3.86. The highest BCUT2D eigenvalue weighted by Crippen LogP contribution is 2.32. The number of nitrogens with zero attached hydrogens (tertiary/aromatic N) is 1. The topological polar surface area (TPSA) is 3.24 Å². The normalized spacial score (nSPS) is 12.9. The highest BCUT2D eigenvalue weighted by Gasteiger charge is 2.16. The lowest BCUT2D eigenvalue weighted by molar-refractivity contribution is 0.415. The Bertz CT molecular complexity index is 679. The Balaban J connectivity index is 2.09. The molecule has 0 aliphatic heterocycles. The lowest BCUT2D eigenvalue weighted by Crippen LogP contribution is -2.25. The Labute approximate surface area is 120 Å². The molecular formula is C19H19N. The van der Waals surface area contributed by atoms with E-state index in [9.17, 15) is 0 Å². The van der Waals surface area contributed by atoms with Gasteiger partial charge in [-0.05, 0) is 28.0 Å². The molecule has 0 heterocycles.